The molecule has 0 aromatic rings. The molecule has 0 heterocycles. The van der Waals surface area contributed by atoms with Gasteiger partial charge in [-0.1, -0.05) is 96.6 Å². The molecule has 0 saturated heterocycles. The molecule has 218 valence electrons. The zero-order chi connectivity index (χ0) is 27.6. The van der Waals surface area contributed by atoms with Gasteiger partial charge in [-0.2, -0.15) is 0 Å². The summed E-state index contributed by atoms with van der Waals surface area (Å²) in [7, 11) is -4.73. The Hall–Kier alpha value is -1.21. The monoisotopic (exact) mass is 548 g/mol. The maximum Gasteiger partial charge on any atom is 0.469 e. The number of unbranched alkanes of at least 4 members (excludes halogenated alkanes) is 14. The predicted octanol–water partition coefficient (Wildman–Crippen LogP) is 7.56. The molecule has 1 atom stereocenters. The lowest BCUT2D eigenvalue weighted by Crippen LogP contribution is -2.29. The fourth-order valence-corrected chi connectivity index (χ4v) is 4.20. The Morgan fingerprint density at radius 1 is 0.676 bits per heavy atom. The molecule has 0 fully saturated rings. The molecule has 37 heavy (non-hydrogen) atoms. The van der Waals surface area contributed by atoms with Crippen LogP contribution in [0.2, 0.25) is 0 Å². The quantitative estimate of drug-likeness (QED) is 0.0492. The normalized spacial score (nSPS) is 12.6. The molecule has 0 aliphatic rings. The maximum atomic E-state index is 12.2. The van der Waals surface area contributed by atoms with E-state index in [1.807, 2.05) is 0 Å². The molecule has 0 aliphatic carbocycles. The molecule has 0 rings (SSSR count). The van der Waals surface area contributed by atoms with Crippen LogP contribution in [-0.2, 0) is 28.2 Å². The summed E-state index contributed by atoms with van der Waals surface area (Å²) in [4.78, 5) is 42.0. The van der Waals surface area contributed by atoms with Gasteiger partial charge in [0.15, 0.2) is 6.10 Å². The second-order valence-corrected chi connectivity index (χ2v) is 11.0. The Morgan fingerprint density at radius 3 is 1.65 bits per heavy atom. The van der Waals surface area contributed by atoms with Crippen LogP contribution in [0.15, 0.2) is 12.2 Å². The topological polar surface area (TPSA) is 119 Å². The van der Waals surface area contributed by atoms with Gasteiger partial charge in [0, 0.05) is 12.8 Å². The van der Waals surface area contributed by atoms with E-state index in [2.05, 4.69) is 30.5 Å². The number of allylic oxidation sites excluding steroid dienone is 2. The van der Waals surface area contributed by atoms with Crippen molar-refractivity contribution in [2.75, 3.05) is 13.2 Å². The molecule has 0 aromatic heterocycles. The van der Waals surface area contributed by atoms with Crippen LogP contribution in [0.5, 0.6) is 0 Å². The van der Waals surface area contributed by atoms with Crippen LogP contribution < -0.4 is 0 Å². The third kappa shape index (κ3) is 27.6. The van der Waals surface area contributed by atoms with Gasteiger partial charge in [0.05, 0.1) is 6.61 Å². The van der Waals surface area contributed by atoms with Crippen molar-refractivity contribution in [1.29, 1.82) is 0 Å². The average molecular weight is 549 g/mol. The van der Waals surface area contributed by atoms with Crippen molar-refractivity contribution < 1.29 is 37.9 Å². The molecule has 0 aliphatic heterocycles. The van der Waals surface area contributed by atoms with E-state index in [0.29, 0.717) is 6.42 Å². The lowest BCUT2D eigenvalue weighted by atomic mass is 10.1. The van der Waals surface area contributed by atoms with Gasteiger partial charge in [0.1, 0.15) is 6.61 Å². The predicted molar refractivity (Wildman–Crippen MR) is 147 cm³/mol. The molecule has 0 radical (unpaired) electrons. The van der Waals surface area contributed by atoms with Gasteiger partial charge in [0.25, 0.3) is 0 Å². The largest absolute Gasteiger partial charge is 0.469 e. The highest BCUT2D eigenvalue weighted by molar-refractivity contribution is 7.46. The fraction of sp³-hybridized carbons (Fsp3) is 0.857. The lowest BCUT2D eigenvalue weighted by molar-refractivity contribution is -0.161. The first-order valence-corrected chi connectivity index (χ1v) is 16.0. The molecule has 9 heteroatoms. The minimum atomic E-state index is -4.73. The van der Waals surface area contributed by atoms with Crippen molar-refractivity contribution in [3.63, 3.8) is 0 Å². The van der Waals surface area contributed by atoms with Gasteiger partial charge in [-0.25, -0.2) is 4.57 Å². The number of ether oxygens (including phenoxy) is 2. The van der Waals surface area contributed by atoms with Crippen molar-refractivity contribution in [2.24, 2.45) is 0 Å². The van der Waals surface area contributed by atoms with E-state index >= 15 is 0 Å². The summed E-state index contributed by atoms with van der Waals surface area (Å²) in [5.74, 6) is -0.910. The van der Waals surface area contributed by atoms with Crippen LogP contribution in [0.25, 0.3) is 0 Å². The first-order chi connectivity index (χ1) is 17.8. The maximum absolute atomic E-state index is 12.2. The van der Waals surface area contributed by atoms with Crippen LogP contribution in [0.3, 0.4) is 0 Å². The van der Waals surface area contributed by atoms with E-state index in [-0.39, 0.29) is 19.4 Å². The lowest BCUT2D eigenvalue weighted by Gasteiger charge is -2.18. The van der Waals surface area contributed by atoms with Crippen LogP contribution in [0, 0.1) is 0 Å². The van der Waals surface area contributed by atoms with Gasteiger partial charge >= 0.3 is 19.8 Å². The Kier molecular flexibility index (Phi) is 24.3. The van der Waals surface area contributed by atoms with Crippen LogP contribution in [0.4, 0.5) is 0 Å². The number of hydrogen-bond donors (Lipinski definition) is 2. The smallest absolute Gasteiger partial charge is 0.462 e. The van der Waals surface area contributed by atoms with E-state index in [0.717, 1.165) is 64.2 Å². The summed E-state index contributed by atoms with van der Waals surface area (Å²) in [6.07, 6.45) is 22.7. The van der Waals surface area contributed by atoms with Crippen molar-refractivity contribution in [3.8, 4) is 0 Å². The minimum absolute atomic E-state index is 0.204. The average Bonchev–Trinajstić information content (AvgIpc) is 2.85. The highest BCUT2D eigenvalue weighted by atomic mass is 31.2. The highest BCUT2D eigenvalue weighted by Crippen LogP contribution is 2.35. The van der Waals surface area contributed by atoms with Crippen molar-refractivity contribution >= 4 is 19.8 Å². The number of rotatable bonds is 26. The zero-order valence-corrected chi connectivity index (χ0v) is 24.3. The number of carbonyl (C=O) groups is 2. The summed E-state index contributed by atoms with van der Waals surface area (Å²) >= 11 is 0. The number of phosphoric acid groups is 1. The van der Waals surface area contributed by atoms with Gasteiger partial charge in [-0.15, -0.1) is 0 Å². The number of esters is 2. The van der Waals surface area contributed by atoms with E-state index in [9.17, 15) is 14.2 Å². The fourth-order valence-electron chi connectivity index (χ4n) is 3.84. The van der Waals surface area contributed by atoms with Crippen LogP contribution >= 0.6 is 7.82 Å². The first kappa shape index (κ1) is 35.8. The third-order valence-corrected chi connectivity index (χ3v) is 6.52. The SMILES string of the molecule is CCCCCCC/C=C\CCCCCCCC(=O)OC(COC(=O)CCCCCCC)COP(=O)(O)O. The number of hydrogen-bond acceptors (Lipinski definition) is 6. The standard InChI is InChI=1S/C28H53O8P/c1-3-5-7-9-10-11-12-13-14-15-16-17-19-21-23-28(30)36-26(25-35-37(31,32)33)24-34-27(29)22-20-18-8-6-4-2/h12-13,26H,3-11,14-25H2,1-2H3,(H2,31,32,33)/b13-12-. The van der Waals surface area contributed by atoms with E-state index < -0.39 is 32.5 Å². The summed E-state index contributed by atoms with van der Waals surface area (Å²) < 4.78 is 25.9. The molecule has 2 N–H and O–H groups in total. The van der Waals surface area contributed by atoms with Crippen LogP contribution in [0.1, 0.15) is 136 Å². The molecule has 0 aromatic carbocycles. The molecule has 8 nitrogen and oxygen atoms in total. The summed E-state index contributed by atoms with van der Waals surface area (Å²) in [6.45, 7) is 3.53. The van der Waals surface area contributed by atoms with Gasteiger partial charge in [0.2, 0.25) is 0 Å². The van der Waals surface area contributed by atoms with Gasteiger partial charge in [-0.05, 0) is 38.5 Å². The summed E-state index contributed by atoms with van der Waals surface area (Å²) in [6, 6.07) is 0. The molecule has 0 spiro atoms. The van der Waals surface area contributed by atoms with Gasteiger partial charge in [-0.3, -0.25) is 14.1 Å². The molecule has 0 saturated carbocycles. The third-order valence-electron chi connectivity index (χ3n) is 6.03. The van der Waals surface area contributed by atoms with Crippen molar-refractivity contribution in [1.82, 2.24) is 0 Å². The number of phosphoric ester groups is 1. The second kappa shape index (κ2) is 25.1. The zero-order valence-electron chi connectivity index (χ0n) is 23.4. The van der Waals surface area contributed by atoms with E-state index in [4.69, 9.17) is 19.3 Å². The second-order valence-electron chi connectivity index (χ2n) is 9.73. The molecular weight excluding hydrogens is 495 g/mol. The Morgan fingerprint density at radius 2 is 1.14 bits per heavy atom. The molecule has 0 amide bonds. The Bertz CT molecular complexity index is 632. The summed E-state index contributed by atoms with van der Waals surface area (Å²) in [5, 5.41) is 0. The first-order valence-electron chi connectivity index (χ1n) is 14.5. The highest BCUT2D eigenvalue weighted by Gasteiger charge is 2.22. The molecular formula is C28H53O8P. The van der Waals surface area contributed by atoms with Crippen molar-refractivity contribution in [3.05, 3.63) is 12.2 Å². The Balaban J connectivity index is 4.02. The number of carbonyl (C=O) groups excluding carboxylic acids is 2. The molecule has 0 bridgehead atoms. The van der Waals surface area contributed by atoms with E-state index in [1.54, 1.807) is 0 Å². The molecule has 1 unspecified atom stereocenters. The van der Waals surface area contributed by atoms with E-state index in [1.165, 1.54) is 38.5 Å². The van der Waals surface area contributed by atoms with Gasteiger partial charge < -0.3 is 19.3 Å². The summed E-state index contributed by atoms with van der Waals surface area (Å²) in [5.41, 5.74) is 0. The van der Waals surface area contributed by atoms with Crippen LogP contribution in [-0.4, -0.2) is 41.0 Å². The Labute approximate surface area is 225 Å². The minimum Gasteiger partial charge on any atom is -0.462 e. The van der Waals surface area contributed by atoms with Crippen molar-refractivity contribution in [2.45, 2.75) is 142 Å².